The SMILES string of the molecule is CN=C(NCCCCN1CCCC(C)C1)NCc1ccc(Cl)cc1.I. The molecule has 0 radical (unpaired) electrons. The van der Waals surface area contributed by atoms with Crippen molar-refractivity contribution in [3.05, 3.63) is 34.9 Å². The van der Waals surface area contributed by atoms with E-state index >= 15 is 0 Å². The molecular weight excluding hydrogens is 447 g/mol. The summed E-state index contributed by atoms with van der Waals surface area (Å²) in [5.74, 6) is 1.73. The number of hydrogen-bond acceptors (Lipinski definition) is 2. The Balaban J connectivity index is 0.00000312. The first-order valence-electron chi connectivity index (χ1n) is 9.08. The summed E-state index contributed by atoms with van der Waals surface area (Å²) in [5, 5.41) is 7.50. The molecule has 1 fully saturated rings. The van der Waals surface area contributed by atoms with E-state index in [1.807, 2.05) is 31.3 Å². The van der Waals surface area contributed by atoms with Gasteiger partial charge < -0.3 is 15.5 Å². The van der Waals surface area contributed by atoms with Crippen LogP contribution in [-0.4, -0.2) is 44.1 Å². The lowest BCUT2D eigenvalue weighted by Crippen LogP contribution is -2.38. The van der Waals surface area contributed by atoms with Gasteiger partial charge >= 0.3 is 0 Å². The first kappa shape index (κ1) is 22.5. The van der Waals surface area contributed by atoms with Crippen LogP contribution in [0.5, 0.6) is 0 Å². The van der Waals surface area contributed by atoms with Crippen molar-refractivity contribution in [3.8, 4) is 0 Å². The number of piperidine rings is 1. The highest BCUT2D eigenvalue weighted by Crippen LogP contribution is 2.15. The maximum atomic E-state index is 5.90. The molecule has 6 heteroatoms. The summed E-state index contributed by atoms with van der Waals surface area (Å²) in [6, 6.07) is 7.89. The van der Waals surface area contributed by atoms with Gasteiger partial charge in [0.25, 0.3) is 0 Å². The summed E-state index contributed by atoms with van der Waals surface area (Å²) >= 11 is 5.90. The Hall–Kier alpha value is -0.530. The number of halogens is 2. The van der Waals surface area contributed by atoms with Crippen molar-refractivity contribution < 1.29 is 0 Å². The van der Waals surface area contributed by atoms with E-state index in [1.54, 1.807) is 0 Å². The molecule has 1 unspecified atom stereocenters. The van der Waals surface area contributed by atoms with Gasteiger partial charge in [0.2, 0.25) is 0 Å². The van der Waals surface area contributed by atoms with Gasteiger partial charge in [-0.25, -0.2) is 0 Å². The average Bonchev–Trinajstić information content (AvgIpc) is 2.59. The molecular formula is C19H32ClIN4. The fourth-order valence-corrected chi connectivity index (χ4v) is 3.29. The van der Waals surface area contributed by atoms with Crippen molar-refractivity contribution in [2.45, 2.75) is 39.2 Å². The lowest BCUT2D eigenvalue weighted by Gasteiger charge is -2.30. The number of likely N-dealkylation sites (tertiary alicyclic amines) is 1. The number of nitrogens with zero attached hydrogens (tertiary/aromatic N) is 2. The Morgan fingerprint density at radius 3 is 2.68 bits per heavy atom. The summed E-state index contributed by atoms with van der Waals surface area (Å²) in [6.45, 7) is 7.86. The fraction of sp³-hybridized carbons (Fsp3) is 0.632. The standard InChI is InChI=1S/C19H31ClN4.HI/c1-16-6-5-13-24(15-16)12-4-3-11-22-19(21-2)23-14-17-7-9-18(20)10-8-17;/h7-10,16H,3-6,11-15H2,1-2H3,(H2,21,22,23);1H. The maximum Gasteiger partial charge on any atom is 0.191 e. The van der Waals surface area contributed by atoms with Crippen LogP contribution >= 0.6 is 35.6 Å². The Kier molecular flexibility index (Phi) is 11.5. The van der Waals surface area contributed by atoms with Crippen molar-refractivity contribution in [2.75, 3.05) is 33.2 Å². The Morgan fingerprint density at radius 1 is 1.24 bits per heavy atom. The summed E-state index contributed by atoms with van der Waals surface area (Å²) in [5.41, 5.74) is 1.20. The van der Waals surface area contributed by atoms with Gasteiger partial charge in [-0.15, -0.1) is 24.0 Å². The molecule has 2 rings (SSSR count). The van der Waals surface area contributed by atoms with E-state index in [1.165, 1.54) is 50.9 Å². The van der Waals surface area contributed by atoms with E-state index in [2.05, 4.69) is 27.4 Å². The second-order valence-corrected chi connectivity index (χ2v) is 7.17. The summed E-state index contributed by atoms with van der Waals surface area (Å²) in [6.07, 6.45) is 5.18. The molecule has 0 spiro atoms. The quantitative estimate of drug-likeness (QED) is 0.268. The molecule has 1 saturated heterocycles. The van der Waals surface area contributed by atoms with Crippen LogP contribution in [0.15, 0.2) is 29.3 Å². The minimum absolute atomic E-state index is 0. The number of guanidine groups is 1. The molecule has 0 amide bonds. The number of hydrogen-bond donors (Lipinski definition) is 2. The highest BCUT2D eigenvalue weighted by Gasteiger charge is 2.15. The molecule has 1 aromatic carbocycles. The monoisotopic (exact) mass is 478 g/mol. The molecule has 1 aromatic rings. The van der Waals surface area contributed by atoms with Crippen molar-refractivity contribution in [1.82, 2.24) is 15.5 Å². The fourth-order valence-electron chi connectivity index (χ4n) is 3.17. The van der Waals surface area contributed by atoms with E-state index in [9.17, 15) is 0 Å². The van der Waals surface area contributed by atoms with Gasteiger partial charge in [0.1, 0.15) is 0 Å². The molecule has 0 bridgehead atoms. The predicted octanol–water partition coefficient (Wildman–Crippen LogP) is 4.14. The highest BCUT2D eigenvalue weighted by atomic mass is 127. The van der Waals surface area contributed by atoms with Gasteiger partial charge in [-0.3, -0.25) is 4.99 Å². The van der Waals surface area contributed by atoms with Crippen LogP contribution < -0.4 is 10.6 Å². The largest absolute Gasteiger partial charge is 0.356 e. The first-order chi connectivity index (χ1) is 11.7. The van der Waals surface area contributed by atoms with Crippen LogP contribution in [-0.2, 0) is 6.54 Å². The lowest BCUT2D eigenvalue weighted by molar-refractivity contribution is 0.181. The molecule has 0 saturated carbocycles. The molecule has 1 aliphatic rings. The van der Waals surface area contributed by atoms with Gasteiger partial charge in [0.15, 0.2) is 5.96 Å². The second-order valence-electron chi connectivity index (χ2n) is 6.73. The average molecular weight is 479 g/mol. The van der Waals surface area contributed by atoms with Gasteiger partial charge in [0.05, 0.1) is 0 Å². The van der Waals surface area contributed by atoms with Crippen LogP contribution in [0.2, 0.25) is 5.02 Å². The van der Waals surface area contributed by atoms with E-state index in [0.717, 1.165) is 30.0 Å². The minimum Gasteiger partial charge on any atom is -0.356 e. The molecule has 0 aliphatic carbocycles. The third-order valence-corrected chi connectivity index (χ3v) is 4.78. The summed E-state index contributed by atoms with van der Waals surface area (Å²) < 4.78 is 0. The topological polar surface area (TPSA) is 39.7 Å². The minimum atomic E-state index is 0. The third-order valence-electron chi connectivity index (χ3n) is 4.53. The van der Waals surface area contributed by atoms with Crippen LogP contribution in [0.3, 0.4) is 0 Å². The molecule has 1 aliphatic heterocycles. The molecule has 2 N–H and O–H groups in total. The highest BCUT2D eigenvalue weighted by molar-refractivity contribution is 14.0. The molecule has 25 heavy (non-hydrogen) atoms. The summed E-state index contributed by atoms with van der Waals surface area (Å²) in [7, 11) is 1.81. The first-order valence-corrected chi connectivity index (χ1v) is 9.46. The van der Waals surface area contributed by atoms with Crippen LogP contribution in [0.4, 0.5) is 0 Å². The lowest BCUT2D eigenvalue weighted by atomic mass is 10.0. The normalized spacial score (nSPS) is 18.5. The summed E-state index contributed by atoms with van der Waals surface area (Å²) in [4.78, 5) is 6.89. The number of benzene rings is 1. The van der Waals surface area contributed by atoms with Gasteiger partial charge in [-0.05, 0) is 62.4 Å². The maximum absolute atomic E-state index is 5.90. The van der Waals surface area contributed by atoms with Gasteiger partial charge in [-0.2, -0.15) is 0 Å². The smallest absolute Gasteiger partial charge is 0.191 e. The number of rotatable bonds is 7. The Morgan fingerprint density at radius 2 is 2.00 bits per heavy atom. The number of nitrogens with one attached hydrogen (secondary N) is 2. The second kappa shape index (κ2) is 12.8. The molecule has 4 nitrogen and oxygen atoms in total. The van der Waals surface area contributed by atoms with E-state index in [4.69, 9.17) is 11.6 Å². The van der Waals surface area contributed by atoms with Gasteiger partial charge in [-0.1, -0.05) is 30.7 Å². The Bertz CT molecular complexity index is 507. The van der Waals surface area contributed by atoms with Crippen LogP contribution in [0.25, 0.3) is 0 Å². The predicted molar refractivity (Wildman–Crippen MR) is 119 cm³/mol. The van der Waals surface area contributed by atoms with E-state index < -0.39 is 0 Å². The zero-order valence-electron chi connectivity index (χ0n) is 15.4. The van der Waals surface area contributed by atoms with Crippen molar-refractivity contribution >= 4 is 41.5 Å². The van der Waals surface area contributed by atoms with Crippen LogP contribution in [0, 0.1) is 5.92 Å². The zero-order valence-corrected chi connectivity index (χ0v) is 18.5. The van der Waals surface area contributed by atoms with Crippen LogP contribution in [0.1, 0.15) is 38.2 Å². The van der Waals surface area contributed by atoms with E-state index in [-0.39, 0.29) is 24.0 Å². The number of aliphatic imine (C=N–C) groups is 1. The Labute approximate surface area is 174 Å². The van der Waals surface area contributed by atoms with Crippen molar-refractivity contribution in [2.24, 2.45) is 10.9 Å². The zero-order chi connectivity index (χ0) is 17.2. The molecule has 1 atom stereocenters. The third kappa shape index (κ3) is 9.11. The molecule has 0 aromatic heterocycles. The van der Waals surface area contributed by atoms with Crippen molar-refractivity contribution in [1.29, 1.82) is 0 Å². The molecule has 142 valence electrons. The molecule has 1 heterocycles. The van der Waals surface area contributed by atoms with Gasteiger partial charge in [0, 0.05) is 31.7 Å². The number of unbranched alkanes of at least 4 members (excludes halogenated alkanes) is 1. The van der Waals surface area contributed by atoms with E-state index in [0.29, 0.717) is 0 Å². The van der Waals surface area contributed by atoms with Crippen molar-refractivity contribution in [3.63, 3.8) is 0 Å².